The van der Waals surface area contributed by atoms with Gasteiger partial charge >= 0.3 is 0 Å². The predicted octanol–water partition coefficient (Wildman–Crippen LogP) is 2.75. The Kier molecular flexibility index (Phi) is 2.08. The Morgan fingerprint density at radius 3 is 2.69 bits per heavy atom. The Labute approximate surface area is 86.4 Å². The average molecular weight is 218 g/mol. The molecule has 1 aromatic heterocycles. The minimum atomic E-state index is 0.177. The minimum absolute atomic E-state index is 0.177. The summed E-state index contributed by atoms with van der Waals surface area (Å²) >= 11 is 11.5. The van der Waals surface area contributed by atoms with Gasteiger partial charge in [0, 0.05) is 11.6 Å². The highest BCUT2D eigenvalue weighted by Gasteiger charge is 2.37. The zero-order chi connectivity index (χ0) is 9.47. The van der Waals surface area contributed by atoms with Gasteiger partial charge in [-0.05, 0) is 19.8 Å². The molecule has 1 aromatic rings. The van der Waals surface area contributed by atoms with E-state index < -0.39 is 0 Å². The summed E-state index contributed by atoms with van der Waals surface area (Å²) in [5.41, 5.74) is 0.942. The first-order valence-corrected chi connectivity index (χ1v) is 4.82. The van der Waals surface area contributed by atoms with Crippen molar-refractivity contribution in [1.82, 2.24) is 10.2 Å². The molecule has 0 radical (unpaired) electrons. The molecule has 0 saturated heterocycles. The second-order valence-corrected chi connectivity index (χ2v) is 4.30. The van der Waals surface area contributed by atoms with Gasteiger partial charge < -0.3 is 5.32 Å². The summed E-state index contributed by atoms with van der Waals surface area (Å²) in [4.78, 5) is 0. The van der Waals surface area contributed by atoms with Crippen molar-refractivity contribution in [3.05, 3.63) is 16.4 Å². The SMILES string of the molecule is CC1(Nc2cc(Cl)nnc2Cl)CC1. The van der Waals surface area contributed by atoms with Gasteiger partial charge in [0.15, 0.2) is 10.3 Å². The summed E-state index contributed by atoms with van der Waals surface area (Å²) in [7, 11) is 0. The molecule has 3 nitrogen and oxygen atoms in total. The smallest absolute Gasteiger partial charge is 0.174 e. The number of nitrogens with one attached hydrogen (secondary N) is 1. The monoisotopic (exact) mass is 217 g/mol. The summed E-state index contributed by atoms with van der Waals surface area (Å²) < 4.78 is 0. The van der Waals surface area contributed by atoms with E-state index in [2.05, 4.69) is 22.4 Å². The molecule has 0 aliphatic heterocycles. The van der Waals surface area contributed by atoms with E-state index >= 15 is 0 Å². The van der Waals surface area contributed by atoms with E-state index in [0.29, 0.717) is 10.3 Å². The van der Waals surface area contributed by atoms with Gasteiger partial charge in [0.2, 0.25) is 0 Å². The molecule has 1 aliphatic rings. The van der Waals surface area contributed by atoms with Gasteiger partial charge in [0.25, 0.3) is 0 Å². The van der Waals surface area contributed by atoms with Crippen molar-refractivity contribution in [2.45, 2.75) is 25.3 Å². The van der Waals surface area contributed by atoms with Crippen LogP contribution in [0.3, 0.4) is 0 Å². The minimum Gasteiger partial charge on any atom is -0.377 e. The van der Waals surface area contributed by atoms with Crippen molar-refractivity contribution < 1.29 is 0 Å². The first kappa shape index (κ1) is 9.03. The van der Waals surface area contributed by atoms with Gasteiger partial charge in [-0.2, -0.15) is 0 Å². The molecule has 5 heteroatoms. The van der Waals surface area contributed by atoms with E-state index in [4.69, 9.17) is 23.2 Å². The first-order chi connectivity index (χ1) is 6.09. The van der Waals surface area contributed by atoms with E-state index in [1.165, 1.54) is 0 Å². The van der Waals surface area contributed by atoms with Gasteiger partial charge in [0.05, 0.1) is 5.69 Å². The summed E-state index contributed by atoms with van der Waals surface area (Å²) in [6.07, 6.45) is 2.31. The maximum Gasteiger partial charge on any atom is 0.174 e. The molecule has 13 heavy (non-hydrogen) atoms. The second kappa shape index (κ2) is 3.00. The number of halogens is 2. The van der Waals surface area contributed by atoms with Crippen molar-refractivity contribution in [2.75, 3.05) is 5.32 Å². The van der Waals surface area contributed by atoms with E-state index in [1.807, 2.05) is 0 Å². The van der Waals surface area contributed by atoms with Crippen molar-refractivity contribution in [2.24, 2.45) is 0 Å². The van der Waals surface area contributed by atoms with E-state index in [1.54, 1.807) is 6.07 Å². The standard InChI is InChI=1S/C8H9Cl2N3/c1-8(2-3-8)11-5-4-6(9)12-13-7(5)10/h4H,2-3H2,1H3,(H,11,12). The third-order valence-corrected chi connectivity index (χ3v) is 2.62. The number of aromatic nitrogens is 2. The van der Waals surface area contributed by atoms with Crippen molar-refractivity contribution >= 4 is 28.9 Å². The molecule has 1 N–H and O–H groups in total. The molecule has 70 valence electrons. The quantitative estimate of drug-likeness (QED) is 0.829. The van der Waals surface area contributed by atoms with Gasteiger partial charge in [0.1, 0.15) is 0 Å². The Hall–Kier alpha value is -0.540. The van der Waals surface area contributed by atoms with Crippen LogP contribution in [0, 0.1) is 0 Å². The van der Waals surface area contributed by atoms with Crippen LogP contribution in [0.2, 0.25) is 10.3 Å². The molecule has 1 heterocycles. The normalized spacial score (nSPS) is 18.4. The molecular weight excluding hydrogens is 209 g/mol. The Balaban J connectivity index is 2.23. The van der Waals surface area contributed by atoms with Crippen LogP contribution in [0.4, 0.5) is 5.69 Å². The van der Waals surface area contributed by atoms with Crippen LogP contribution >= 0.6 is 23.2 Å². The van der Waals surface area contributed by atoms with Gasteiger partial charge in [-0.1, -0.05) is 23.2 Å². The van der Waals surface area contributed by atoms with Crippen LogP contribution in [0.15, 0.2) is 6.07 Å². The molecule has 0 atom stereocenters. The zero-order valence-electron chi connectivity index (χ0n) is 7.14. The second-order valence-electron chi connectivity index (χ2n) is 3.56. The largest absolute Gasteiger partial charge is 0.377 e. The number of nitrogens with zero attached hydrogens (tertiary/aromatic N) is 2. The van der Waals surface area contributed by atoms with Crippen molar-refractivity contribution in [3.8, 4) is 0 Å². The molecule has 1 fully saturated rings. The molecule has 0 amide bonds. The molecule has 0 bridgehead atoms. The summed E-state index contributed by atoms with van der Waals surface area (Å²) in [5.74, 6) is 0. The maximum atomic E-state index is 5.84. The Morgan fingerprint density at radius 2 is 2.08 bits per heavy atom. The number of anilines is 1. The van der Waals surface area contributed by atoms with Crippen molar-refractivity contribution in [3.63, 3.8) is 0 Å². The lowest BCUT2D eigenvalue weighted by atomic mass is 10.3. The van der Waals surface area contributed by atoms with Crippen LogP contribution < -0.4 is 5.32 Å². The fraction of sp³-hybridized carbons (Fsp3) is 0.500. The number of hydrogen-bond donors (Lipinski definition) is 1. The highest BCUT2D eigenvalue weighted by Crippen LogP contribution is 2.39. The van der Waals surface area contributed by atoms with Gasteiger partial charge in [-0.15, -0.1) is 10.2 Å². The highest BCUT2D eigenvalue weighted by molar-refractivity contribution is 6.33. The molecule has 0 aromatic carbocycles. The molecular formula is C8H9Cl2N3. The third kappa shape index (κ3) is 2.03. The number of hydrogen-bond acceptors (Lipinski definition) is 3. The van der Waals surface area contributed by atoms with E-state index in [0.717, 1.165) is 18.5 Å². The molecule has 1 aliphatic carbocycles. The third-order valence-electron chi connectivity index (χ3n) is 2.16. The lowest BCUT2D eigenvalue weighted by Gasteiger charge is -2.13. The maximum absolute atomic E-state index is 5.84. The summed E-state index contributed by atoms with van der Waals surface area (Å²) in [5, 5.41) is 11.4. The van der Waals surface area contributed by atoms with E-state index in [9.17, 15) is 0 Å². The van der Waals surface area contributed by atoms with Crippen LogP contribution in [-0.4, -0.2) is 15.7 Å². The molecule has 1 saturated carbocycles. The predicted molar refractivity (Wildman–Crippen MR) is 53.3 cm³/mol. The average Bonchev–Trinajstić information content (AvgIpc) is 2.76. The van der Waals surface area contributed by atoms with Crippen LogP contribution in [0.5, 0.6) is 0 Å². The zero-order valence-corrected chi connectivity index (χ0v) is 8.65. The van der Waals surface area contributed by atoms with Crippen LogP contribution in [0.25, 0.3) is 0 Å². The summed E-state index contributed by atoms with van der Waals surface area (Å²) in [6.45, 7) is 2.14. The van der Waals surface area contributed by atoms with Crippen LogP contribution in [0.1, 0.15) is 19.8 Å². The van der Waals surface area contributed by atoms with E-state index in [-0.39, 0.29) is 5.54 Å². The lowest BCUT2D eigenvalue weighted by molar-refractivity contribution is 0.825. The molecule has 0 spiro atoms. The first-order valence-electron chi connectivity index (χ1n) is 4.06. The molecule has 2 rings (SSSR count). The fourth-order valence-corrected chi connectivity index (χ4v) is 1.36. The fourth-order valence-electron chi connectivity index (χ4n) is 1.08. The highest BCUT2D eigenvalue weighted by atomic mass is 35.5. The lowest BCUT2D eigenvalue weighted by Crippen LogP contribution is -2.16. The van der Waals surface area contributed by atoms with Crippen LogP contribution in [-0.2, 0) is 0 Å². The van der Waals surface area contributed by atoms with Gasteiger partial charge in [-0.3, -0.25) is 0 Å². The number of rotatable bonds is 2. The molecule has 0 unspecified atom stereocenters. The summed E-state index contributed by atoms with van der Waals surface area (Å²) in [6, 6.07) is 1.69. The topological polar surface area (TPSA) is 37.8 Å². The Bertz CT molecular complexity index is 336. The van der Waals surface area contributed by atoms with Gasteiger partial charge in [-0.25, -0.2) is 0 Å². The Morgan fingerprint density at radius 1 is 1.38 bits per heavy atom. The van der Waals surface area contributed by atoms with Crippen molar-refractivity contribution in [1.29, 1.82) is 0 Å².